The second-order valence-corrected chi connectivity index (χ2v) is 3.59. The SMILES string of the molecule is Cc1ccc(Oc2ncc(B(O)O)cn2)cc1. The minimum Gasteiger partial charge on any atom is -0.424 e. The summed E-state index contributed by atoms with van der Waals surface area (Å²) in [5.74, 6) is 0.632. The van der Waals surface area contributed by atoms with E-state index < -0.39 is 7.12 Å². The van der Waals surface area contributed by atoms with E-state index >= 15 is 0 Å². The lowest BCUT2D eigenvalue weighted by Gasteiger charge is -2.04. The first-order valence-electron chi connectivity index (χ1n) is 5.08. The van der Waals surface area contributed by atoms with Crippen molar-refractivity contribution >= 4 is 12.6 Å². The van der Waals surface area contributed by atoms with Gasteiger partial charge < -0.3 is 14.8 Å². The predicted molar refractivity (Wildman–Crippen MR) is 63.1 cm³/mol. The molecule has 2 rings (SSSR count). The number of hydrogen-bond donors (Lipinski definition) is 2. The second kappa shape index (κ2) is 4.94. The van der Waals surface area contributed by atoms with Crippen LogP contribution in [0.2, 0.25) is 0 Å². The van der Waals surface area contributed by atoms with E-state index in [1.165, 1.54) is 12.4 Å². The van der Waals surface area contributed by atoms with Crippen molar-refractivity contribution in [1.29, 1.82) is 0 Å². The van der Waals surface area contributed by atoms with E-state index in [0.29, 0.717) is 5.75 Å². The van der Waals surface area contributed by atoms with Crippen molar-refractivity contribution < 1.29 is 14.8 Å². The van der Waals surface area contributed by atoms with Gasteiger partial charge in [-0.05, 0) is 19.1 Å². The summed E-state index contributed by atoms with van der Waals surface area (Å²) in [6.45, 7) is 1.98. The molecule has 1 heterocycles. The molecule has 2 N–H and O–H groups in total. The molecule has 0 spiro atoms. The average Bonchev–Trinajstić information content (AvgIpc) is 2.33. The van der Waals surface area contributed by atoms with Crippen molar-refractivity contribution in [2.24, 2.45) is 0 Å². The highest BCUT2D eigenvalue weighted by Crippen LogP contribution is 2.16. The van der Waals surface area contributed by atoms with Crippen molar-refractivity contribution in [3.8, 4) is 11.8 Å². The van der Waals surface area contributed by atoms with Gasteiger partial charge in [0.25, 0.3) is 0 Å². The Kier molecular flexibility index (Phi) is 3.36. The highest BCUT2D eigenvalue weighted by Gasteiger charge is 2.12. The van der Waals surface area contributed by atoms with E-state index in [9.17, 15) is 0 Å². The minimum absolute atomic E-state index is 0.165. The van der Waals surface area contributed by atoms with Gasteiger partial charge in [0.2, 0.25) is 0 Å². The molecular formula is C11H11BN2O3. The highest BCUT2D eigenvalue weighted by atomic mass is 16.5. The summed E-state index contributed by atoms with van der Waals surface area (Å²) >= 11 is 0. The first kappa shape index (κ1) is 11.6. The molecular weight excluding hydrogens is 219 g/mol. The molecule has 2 aromatic rings. The molecule has 5 nitrogen and oxygen atoms in total. The molecule has 0 aliphatic rings. The molecule has 0 radical (unpaired) electrons. The Balaban J connectivity index is 2.11. The number of rotatable bonds is 3. The Morgan fingerprint density at radius 3 is 2.18 bits per heavy atom. The zero-order valence-electron chi connectivity index (χ0n) is 9.24. The molecule has 0 aliphatic heterocycles. The number of aryl methyl sites for hydroxylation is 1. The smallest absolute Gasteiger partial charge is 0.424 e. The minimum atomic E-state index is -1.57. The maximum atomic E-state index is 8.87. The lowest BCUT2D eigenvalue weighted by molar-refractivity contribution is 0.423. The van der Waals surface area contributed by atoms with Gasteiger partial charge in [-0.3, -0.25) is 0 Å². The lowest BCUT2D eigenvalue weighted by atomic mass is 9.83. The molecule has 0 saturated carbocycles. The van der Waals surface area contributed by atoms with Crippen molar-refractivity contribution in [2.45, 2.75) is 6.92 Å². The molecule has 1 aromatic heterocycles. The summed E-state index contributed by atoms with van der Waals surface area (Å²) in [6.07, 6.45) is 2.61. The normalized spacial score (nSPS) is 10.1. The van der Waals surface area contributed by atoms with E-state index in [4.69, 9.17) is 14.8 Å². The van der Waals surface area contributed by atoms with Gasteiger partial charge in [0, 0.05) is 17.9 Å². The molecule has 0 atom stereocenters. The average molecular weight is 230 g/mol. The Hall–Kier alpha value is -1.92. The summed E-state index contributed by atoms with van der Waals surface area (Å²) < 4.78 is 5.38. The number of nitrogens with zero attached hydrogens (tertiary/aromatic N) is 2. The largest absolute Gasteiger partial charge is 0.491 e. The Morgan fingerprint density at radius 2 is 1.65 bits per heavy atom. The summed E-state index contributed by atoms with van der Waals surface area (Å²) in [5, 5.41) is 17.7. The molecule has 1 aromatic carbocycles. The molecule has 6 heteroatoms. The summed E-state index contributed by atoms with van der Waals surface area (Å²) in [6, 6.07) is 7.63. The highest BCUT2D eigenvalue weighted by molar-refractivity contribution is 6.58. The van der Waals surface area contributed by atoms with Gasteiger partial charge in [0.1, 0.15) is 5.75 Å². The standard InChI is InChI=1S/C11H11BN2O3/c1-8-2-4-10(5-3-8)17-11-13-6-9(7-14-11)12(15)16/h2-7,15-16H,1H3. The van der Waals surface area contributed by atoms with Crippen LogP contribution in [0.5, 0.6) is 11.8 Å². The third-order valence-corrected chi connectivity index (χ3v) is 2.18. The first-order chi connectivity index (χ1) is 8.15. The maximum Gasteiger partial charge on any atom is 0.491 e. The van der Waals surface area contributed by atoms with Crippen LogP contribution in [-0.2, 0) is 0 Å². The fourth-order valence-electron chi connectivity index (χ4n) is 1.22. The maximum absolute atomic E-state index is 8.87. The zero-order valence-corrected chi connectivity index (χ0v) is 9.24. The van der Waals surface area contributed by atoms with Gasteiger partial charge in [-0.1, -0.05) is 17.7 Å². The number of hydrogen-bond acceptors (Lipinski definition) is 5. The van der Waals surface area contributed by atoms with Gasteiger partial charge in [-0.15, -0.1) is 0 Å². The zero-order chi connectivity index (χ0) is 12.3. The Labute approximate surface area is 98.9 Å². The van der Waals surface area contributed by atoms with Crippen LogP contribution in [0.15, 0.2) is 36.7 Å². The van der Waals surface area contributed by atoms with Crippen molar-refractivity contribution in [1.82, 2.24) is 9.97 Å². The van der Waals surface area contributed by atoms with Gasteiger partial charge in [-0.25, -0.2) is 9.97 Å². The summed E-state index contributed by atoms with van der Waals surface area (Å²) in [7, 11) is -1.57. The molecule has 0 saturated heterocycles. The van der Waals surface area contributed by atoms with Crippen LogP contribution in [0, 0.1) is 6.92 Å². The predicted octanol–water partition coefficient (Wildman–Crippen LogP) is 0.257. The monoisotopic (exact) mass is 230 g/mol. The van der Waals surface area contributed by atoms with Gasteiger partial charge >= 0.3 is 13.1 Å². The third-order valence-electron chi connectivity index (χ3n) is 2.18. The van der Waals surface area contributed by atoms with E-state index in [0.717, 1.165) is 5.56 Å². The fourth-order valence-corrected chi connectivity index (χ4v) is 1.22. The molecule has 86 valence electrons. The summed E-state index contributed by atoms with van der Waals surface area (Å²) in [5.41, 5.74) is 1.36. The fraction of sp³-hybridized carbons (Fsp3) is 0.0909. The topological polar surface area (TPSA) is 75.5 Å². The third kappa shape index (κ3) is 3.02. The molecule has 17 heavy (non-hydrogen) atoms. The van der Waals surface area contributed by atoms with Gasteiger partial charge in [0.05, 0.1) is 0 Å². The van der Waals surface area contributed by atoms with E-state index in [1.807, 2.05) is 31.2 Å². The van der Waals surface area contributed by atoms with Crippen LogP contribution in [0.1, 0.15) is 5.56 Å². The van der Waals surface area contributed by atoms with Crippen LogP contribution >= 0.6 is 0 Å². The molecule has 0 amide bonds. The van der Waals surface area contributed by atoms with Crippen LogP contribution < -0.4 is 10.2 Å². The van der Waals surface area contributed by atoms with E-state index in [1.54, 1.807) is 0 Å². The first-order valence-corrected chi connectivity index (χ1v) is 5.08. The summed E-state index contributed by atoms with van der Waals surface area (Å²) in [4.78, 5) is 7.73. The Bertz CT molecular complexity index is 485. The van der Waals surface area contributed by atoms with Crippen LogP contribution in [0.25, 0.3) is 0 Å². The quantitative estimate of drug-likeness (QED) is 0.739. The van der Waals surface area contributed by atoms with Gasteiger partial charge in [0.15, 0.2) is 0 Å². The van der Waals surface area contributed by atoms with Crippen molar-refractivity contribution in [3.63, 3.8) is 0 Å². The molecule has 0 fully saturated rings. The molecule has 0 aliphatic carbocycles. The number of aromatic nitrogens is 2. The number of benzene rings is 1. The van der Waals surface area contributed by atoms with Crippen LogP contribution in [0.4, 0.5) is 0 Å². The number of ether oxygens (including phenoxy) is 1. The lowest BCUT2D eigenvalue weighted by Crippen LogP contribution is -2.30. The van der Waals surface area contributed by atoms with E-state index in [-0.39, 0.29) is 11.5 Å². The molecule has 0 unspecified atom stereocenters. The van der Waals surface area contributed by atoms with Crippen LogP contribution in [0.3, 0.4) is 0 Å². The second-order valence-electron chi connectivity index (χ2n) is 3.59. The molecule has 0 bridgehead atoms. The Morgan fingerprint density at radius 1 is 1.06 bits per heavy atom. The van der Waals surface area contributed by atoms with E-state index in [2.05, 4.69) is 9.97 Å². The van der Waals surface area contributed by atoms with Crippen LogP contribution in [-0.4, -0.2) is 27.1 Å². The van der Waals surface area contributed by atoms with Gasteiger partial charge in [-0.2, -0.15) is 0 Å². The van der Waals surface area contributed by atoms with Crippen molar-refractivity contribution in [3.05, 3.63) is 42.2 Å². The van der Waals surface area contributed by atoms with Crippen molar-refractivity contribution in [2.75, 3.05) is 0 Å².